The molecule has 4 aliphatic carbocycles. The Morgan fingerprint density at radius 2 is 2.00 bits per heavy atom. The van der Waals surface area contributed by atoms with Gasteiger partial charge in [0.15, 0.2) is 5.78 Å². The Morgan fingerprint density at radius 1 is 1.33 bits per heavy atom. The van der Waals surface area contributed by atoms with Crippen LogP contribution >= 0.6 is 27.5 Å². The third-order valence-electron chi connectivity index (χ3n) is 5.97. The molecule has 0 aromatic carbocycles. The molecule has 0 aliphatic heterocycles. The fourth-order valence-corrected chi connectivity index (χ4v) is 5.45. The van der Waals surface area contributed by atoms with Crippen molar-refractivity contribution >= 4 is 33.3 Å². The topological polar surface area (TPSA) is 17.1 Å². The molecular formula is C15H20BrClO. The van der Waals surface area contributed by atoms with Crippen LogP contribution in [0, 0.1) is 16.2 Å². The Balaban J connectivity index is 2.18. The minimum atomic E-state index is -0.0386. The van der Waals surface area contributed by atoms with E-state index in [1.807, 2.05) is 0 Å². The van der Waals surface area contributed by atoms with Gasteiger partial charge in [0.05, 0.1) is 4.83 Å². The van der Waals surface area contributed by atoms with Crippen molar-refractivity contribution in [3.63, 3.8) is 0 Å². The second-order valence-electron chi connectivity index (χ2n) is 7.16. The third kappa shape index (κ3) is 1.37. The minimum absolute atomic E-state index is 0.0338. The van der Waals surface area contributed by atoms with E-state index in [1.165, 1.54) is 12.0 Å². The molecule has 2 bridgehead atoms. The van der Waals surface area contributed by atoms with Crippen molar-refractivity contribution in [3.8, 4) is 0 Å². The summed E-state index contributed by atoms with van der Waals surface area (Å²) in [5, 5.41) is 0.210. The number of ketones is 1. The first kappa shape index (κ1) is 13.2. The molecule has 0 aromatic heterocycles. The van der Waals surface area contributed by atoms with Crippen LogP contribution in [0.4, 0.5) is 0 Å². The van der Waals surface area contributed by atoms with E-state index in [1.54, 1.807) is 0 Å². The average Bonchev–Trinajstić information content (AvgIpc) is 2.28. The van der Waals surface area contributed by atoms with E-state index in [-0.39, 0.29) is 26.4 Å². The Morgan fingerprint density at radius 3 is 2.61 bits per heavy atom. The molecule has 2 saturated carbocycles. The van der Waals surface area contributed by atoms with Crippen molar-refractivity contribution in [2.45, 2.75) is 56.7 Å². The molecule has 0 aromatic rings. The van der Waals surface area contributed by atoms with Gasteiger partial charge in [0.1, 0.15) is 0 Å². The number of alkyl halides is 2. The summed E-state index contributed by atoms with van der Waals surface area (Å²) >= 11 is 10.3. The average molecular weight is 332 g/mol. The Kier molecular flexibility index (Phi) is 2.66. The lowest BCUT2D eigenvalue weighted by Gasteiger charge is -2.63. The highest BCUT2D eigenvalue weighted by atomic mass is 79.9. The molecule has 0 heterocycles. The maximum Gasteiger partial charge on any atom is 0.151 e. The Bertz CT molecular complexity index is 455. The smallest absolute Gasteiger partial charge is 0.151 e. The van der Waals surface area contributed by atoms with Crippen LogP contribution in [0.25, 0.3) is 0 Å². The fraction of sp³-hybridized carbons (Fsp3) is 0.800. The van der Waals surface area contributed by atoms with Gasteiger partial charge in [0, 0.05) is 17.2 Å². The molecule has 4 atom stereocenters. The summed E-state index contributed by atoms with van der Waals surface area (Å²) in [6.07, 6.45) is 6.33. The first-order valence-corrected chi connectivity index (χ1v) is 8.11. The molecule has 3 heteroatoms. The number of halogens is 2. The Labute approximate surface area is 122 Å². The van der Waals surface area contributed by atoms with Crippen LogP contribution in [0.3, 0.4) is 0 Å². The minimum Gasteiger partial charge on any atom is -0.298 e. The number of carbonyl (C=O) groups is 1. The lowest BCUT2D eigenvalue weighted by atomic mass is 9.43. The maximum absolute atomic E-state index is 12.2. The van der Waals surface area contributed by atoms with Crippen LogP contribution in [0.15, 0.2) is 11.6 Å². The Hall–Kier alpha value is 0.180. The number of carbonyl (C=O) groups excluding carboxylic acids is 1. The van der Waals surface area contributed by atoms with Gasteiger partial charge in [-0.25, -0.2) is 0 Å². The quantitative estimate of drug-likeness (QED) is 0.473. The standard InChI is InChI=1S/C15H20BrClO/c1-13(2)12(16)10(18)6-9-7-14(3)4-5-15(9,13)8-11(14)17/h7,11-12H,4-6,8H2,1-3H3. The fourth-order valence-electron chi connectivity index (χ4n) is 4.41. The maximum atomic E-state index is 12.2. The van der Waals surface area contributed by atoms with Gasteiger partial charge in [0.25, 0.3) is 0 Å². The first-order valence-electron chi connectivity index (χ1n) is 6.76. The van der Waals surface area contributed by atoms with Gasteiger partial charge in [-0.15, -0.1) is 11.6 Å². The second-order valence-corrected chi connectivity index (χ2v) is 8.60. The highest BCUT2D eigenvalue weighted by molar-refractivity contribution is 9.10. The van der Waals surface area contributed by atoms with Crippen molar-refractivity contribution in [2.24, 2.45) is 16.2 Å². The van der Waals surface area contributed by atoms with Crippen LogP contribution < -0.4 is 0 Å². The lowest BCUT2D eigenvalue weighted by Crippen LogP contribution is -2.59. The second kappa shape index (κ2) is 3.63. The molecule has 0 radical (unpaired) electrons. The van der Waals surface area contributed by atoms with Crippen molar-refractivity contribution in [1.82, 2.24) is 0 Å². The predicted molar refractivity (Wildman–Crippen MR) is 78.2 cm³/mol. The summed E-state index contributed by atoms with van der Waals surface area (Å²) in [5.74, 6) is 0.333. The van der Waals surface area contributed by atoms with Gasteiger partial charge >= 0.3 is 0 Å². The summed E-state index contributed by atoms with van der Waals surface area (Å²) in [4.78, 5) is 12.2. The normalized spacial score (nSPS) is 49.8. The molecule has 18 heavy (non-hydrogen) atoms. The number of hydrogen-bond donors (Lipinski definition) is 0. The molecule has 0 amide bonds. The predicted octanol–water partition coefficient (Wildman–Crippen LogP) is 4.47. The molecule has 4 unspecified atom stereocenters. The van der Waals surface area contributed by atoms with E-state index in [0.717, 1.165) is 12.8 Å². The lowest BCUT2D eigenvalue weighted by molar-refractivity contribution is -0.126. The summed E-state index contributed by atoms with van der Waals surface area (Å²) in [7, 11) is 0. The first-order chi connectivity index (χ1) is 8.23. The summed E-state index contributed by atoms with van der Waals surface area (Å²) in [6, 6.07) is 0. The summed E-state index contributed by atoms with van der Waals surface area (Å²) in [5.41, 5.74) is 1.58. The van der Waals surface area contributed by atoms with Gasteiger partial charge < -0.3 is 0 Å². The number of allylic oxidation sites excluding steroid dienone is 2. The molecule has 2 fully saturated rings. The van der Waals surface area contributed by atoms with Gasteiger partial charge in [0.2, 0.25) is 0 Å². The molecule has 4 aliphatic rings. The van der Waals surface area contributed by atoms with E-state index in [0.29, 0.717) is 12.2 Å². The van der Waals surface area contributed by atoms with E-state index < -0.39 is 0 Å². The largest absolute Gasteiger partial charge is 0.298 e. The van der Waals surface area contributed by atoms with Crippen LogP contribution in [0.5, 0.6) is 0 Å². The monoisotopic (exact) mass is 330 g/mol. The number of Topliss-reactive ketones (excluding diaryl/α,β-unsaturated/α-hetero) is 1. The zero-order valence-corrected chi connectivity index (χ0v) is 13.6. The van der Waals surface area contributed by atoms with Crippen molar-refractivity contribution in [1.29, 1.82) is 0 Å². The summed E-state index contributed by atoms with van der Waals surface area (Å²) < 4.78 is 0. The number of rotatable bonds is 0. The number of fused-ring (bicyclic) bond motifs is 2. The van der Waals surface area contributed by atoms with Gasteiger partial charge in [-0.05, 0) is 30.1 Å². The summed E-state index contributed by atoms with van der Waals surface area (Å²) in [6.45, 7) is 6.71. The van der Waals surface area contributed by atoms with Crippen LogP contribution in [0.2, 0.25) is 0 Å². The van der Waals surface area contributed by atoms with Crippen molar-refractivity contribution in [2.75, 3.05) is 0 Å². The molecular weight excluding hydrogens is 312 g/mol. The van der Waals surface area contributed by atoms with Crippen LogP contribution in [-0.4, -0.2) is 16.0 Å². The molecule has 1 spiro atoms. The van der Waals surface area contributed by atoms with E-state index in [2.05, 4.69) is 42.8 Å². The van der Waals surface area contributed by atoms with Crippen LogP contribution in [0.1, 0.15) is 46.5 Å². The molecule has 4 rings (SSSR count). The van der Waals surface area contributed by atoms with Crippen molar-refractivity contribution < 1.29 is 4.79 Å². The third-order valence-corrected chi connectivity index (χ3v) is 8.27. The van der Waals surface area contributed by atoms with Gasteiger partial charge in [-0.1, -0.05) is 48.4 Å². The SMILES string of the molecule is CC12C=C3CC(=O)C(Br)C(C)(C)C3(CC1)CC2Cl. The van der Waals surface area contributed by atoms with Gasteiger partial charge in [-0.3, -0.25) is 4.79 Å². The molecule has 100 valence electrons. The zero-order valence-electron chi connectivity index (χ0n) is 11.2. The van der Waals surface area contributed by atoms with E-state index in [4.69, 9.17) is 11.6 Å². The zero-order chi connectivity index (χ0) is 13.3. The van der Waals surface area contributed by atoms with E-state index in [9.17, 15) is 4.79 Å². The van der Waals surface area contributed by atoms with Crippen molar-refractivity contribution in [3.05, 3.63) is 11.6 Å². The van der Waals surface area contributed by atoms with E-state index >= 15 is 0 Å². The highest BCUT2D eigenvalue weighted by Crippen LogP contribution is 2.68. The molecule has 0 N–H and O–H groups in total. The molecule has 1 nitrogen and oxygen atoms in total. The van der Waals surface area contributed by atoms with Gasteiger partial charge in [-0.2, -0.15) is 0 Å². The number of hydrogen-bond acceptors (Lipinski definition) is 1. The highest BCUT2D eigenvalue weighted by Gasteiger charge is 2.63. The van der Waals surface area contributed by atoms with Crippen LogP contribution in [-0.2, 0) is 4.79 Å². The molecule has 0 saturated heterocycles.